The largest absolute Gasteiger partial charge is 0.481 e. The average molecular weight is 337 g/mol. The molecule has 138 valence electrons. The van der Waals surface area contributed by atoms with Crippen LogP contribution in [0.5, 0.6) is 0 Å². The molecule has 0 bridgehead atoms. The van der Waals surface area contributed by atoms with Gasteiger partial charge in [0.2, 0.25) is 0 Å². The molecule has 0 aromatic rings. The summed E-state index contributed by atoms with van der Waals surface area (Å²) < 4.78 is 5.53. The van der Waals surface area contributed by atoms with E-state index in [1.807, 2.05) is 0 Å². The number of rotatable bonds is 14. The Morgan fingerprint density at radius 2 is 1.54 bits per heavy atom. The Morgan fingerprint density at radius 1 is 0.958 bits per heavy atom. The molecule has 1 N–H and O–H groups in total. The predicted octanol–water partition coefficient (Wildman–Crippen LogP) is 5.57. The number of epoxide rings is 1. The highest BCUT2D eigenvalue weighted by molar-refractivity contribution is 5.69. The van der Waals surface area contributed by atoms with Crippen molar-refractivity contribution in [2.24, 2.45) is 5.92 Å². The van der Waals surface area contributed by atoms with Crippen LogP contribution in [0.1, 0.15) is 97.3 Å². The third kappa shape index (κ3) is 10.7. The van der Waals surface area contributed by atoms with Crippen molar-refractivity contribution in [2.45, 2.75) is 110 Å². The van der Waals surface area contributed by atoms with Crippen molar-refractivity contribution in [2.75, 3.05) is 0 Å². The van der Waals surface area contributed by atoms with Crippen LogP contribution in [0.4, 0.5) is 0 Å². The molecule has 1 saturated heterocycles. The zero-order valence-electron chi connectivity index (χ0n) is 15.7. The maximum atomic E-state index is 10.7. The van der Waals surface area contributed by atoms with E-state index in [2.05, 4.69) is 18.8 Å². The number of ether oxygens (including phenoxy) is 1. The van der Waals surface area contributed by atoms with E-state index in [0.29, 0.717) is 12.2 Å². The van der Waals surface area contributed by atoms with E-state index in [1.165, 1.54) is 44.9 Å². The Bertz CT molecular complexity index is 394. The van der Waals surface area contributed by atoms with Crippen LogP contribution < -0.4 is 0 Å². The van der Waals surface area contributed by atoms with Crippen molar-refractivity contribution < 1.29 is 14.6 Å². The van der Waals surface area contributed by atoms with Crippen LogP contribution >= 0.6 is 0 Å². The van der Waals surface area contributed by atoms with Gasteiger partial charge in [-0.25, -0.2) is 0 Å². The minimum absolute atomic E-state index is 0.190. The Labute approximate surface area is 148 Å². The fourth-order valence-electron chi connectivity index (χ4n) is 3.02. The third-order valence-electron chi connectivity index (χ3n) is 4.87. The number of hydrogen-bond acceptors (Lipinski definition) is 2. The lowest BCUT2D eigenvalue weighted by molar-refractivity contribution is -0.141. The van der Waals surface area contributed by atoms with Crippen LogP contribution in [-0.2, 0) is 9.53 Å². The Balaban J connectivity index is 1.76. The molecule has 24 heavy (non-hydrogen) atoms. The molecule has 1 aliphatic heterocycles. The van der Waals surface area contributed by atoms with Gasteiger partial charge in [-0.3, -0.25) is 4.79 Å². The van der Waals surface area contributed by atoms with Gasteiger partial charge in [0.25, 0.3) is 0 Å². The van der Waals surface area contributed by atoms with Gasteiger partial charge in [-0.1, -0.05) is 46.0 Å². The Morgan fingerprint density at radius 3 is 2.12 bits per heavy atom. The maximum absolute atomic E-state index is 10.7. The summed E-state index contributed by atoms with van der Waals surface area (Å²) >= 11 is 0. The normalized spacial score (nSPS) is 20.2. The zero-order chi connectivity index (χ0) is 17.6. The van der Waals surface area contributed by atoms with Crippen molar-refractivity contribution in [3.63, 3.8) is 0 Å². The molecule has 3 heteroatoms. The van der Waals surface area contributed by atoms with Crippen molar-refractivity contribution >= 4 is 5.97 Å². The van der Waals surface area contributed by atoms with Crippen molar-refractivity contribution in [1.29, 1.82) is 0 Å². The van der Waals surface area contributed by atoms with Crippen molar-refractivity contribution in [1.82, 2.24) is 0 Å². The van der Waals surface area contributed by atoms with Gasteiger partial charge in [0, 0.05) is 12.8 Å². The Hall–Kier alpha value is -1.01. The van der Waals surface area contributed by atoms with E-state index in [1.54, 1.807) is 6.92 Å². The van der Waals surface area contributed by atoms with Crippen LogP contribution in [0.3, 0.4) is 0 Å². The minimum atomic E-state index is -0.667. The van der Waals surface area contributed by atoms with E-state index in [9.17, 15) is 4.79 Å². The molecule has 0 aliphatic carbocycles. The van der Waals surface area contributed by atoms with Crippen LogP contribution in [0.25, 0.3) is 0 Å². The summed E-state index contributed by atoms with van der Waals surface area (Å²) in [6, 6.07) is 0. The number of hydrogen-bond donors (Lipinski definition) is 1. The van der Waals surface area contributed by atoms with E-state index >= 15 is 0 Å². The average Bonchev–Trinajstić information content (AvgIpc) is 3.33. The highest BCUT2D eigenvalue weighted by Gasteiger charge is 2.35. The standard InChI is InChI=1S/C21H36O3/c1-3-19-20(24-19)17-15-13-11-9-7-5-4-6-8-10-12-14-16-18(2)21(22)23/h18-20H,3-6,8,10-17H2,1-2H3,(H,22,23). The molecule has 0 aromatic heterocycles. The summed E-state index contributed by atoms with van der Waals surface area (Å²) in [5, 5.41) is 8.80. The number of carboxylic acid groups (broad SMARTS) is 1. The fraction of sp³-hybridized carbons (Fsp3) is 0.857. The first-order chi connectivity index (χ1) is 11.6. The summed E-state index contributed by atoms with van der Waals surface area (Å²) in [6.07, 6.45) is 15.9. The van der Waals surface area contributed by atoms with E-state index in [4.69, 9.17) is 9.84 Å². The quantitative estimate of drug-likeness (QED) is 0.256. The second-order valence-electron chi connectivity index (χ2n) is 7.12. The smallest absolute Gasteiger partial charge is 0.306 e. The minimum Gasteiger partial charge on any atom is -0.481 e. The van der Waals surface area contributed by atoms with Gasteiger partial charge in [-0.15, -0.1) is 11.8 Å². The second kappa shape index (κ2) is 13.3. The van der Waals surface area contributed by atoms with Crippen LogP contribution in [-0.4, -0.2) is 23.3 Å². The van der Waals surface area contributed by atoms with E-state index in [-0.39, 0.29) is 5.92 Å². The first-order valence-corrected chi connectivity index (χ1v) is 9.99. The van der Waals surface area contributed by atoms with Crippen molar-refractivity contribution in [3.05, 3.63) is 0 Å². The molecule has 0 aromatic carbocycles. The number of unbranched alkanes of at least 4 members (excludes halogenated alkanes) is 8. The molecule has 1 fully saturated rings. The Kier molecular flexibility index (Phi) is 11.7. The molecular weight excluding hydrogens is 300 g/mol. The number of aliphatic carboxylic acids is 1. The summed E-state index contributed by atoms with van der Waals surface area (Å²) in [5.41, 5.74) is 0. The second-order valence-corrected chi connectivity index (χ2v) is 7.12. The molecule has 3 atom stereocenters. The highest BCUT2D eigenvalue weighted by Crippen LogP contribution is 2.29. The van der Waals surface area contributed by atoms with Gasteiger partial charge < -0.3 is 9.84 Å². The first kappa shape index (κ1) is 21.0. The predicted molar refractivity (Wildman–Crippen MR) is 98.9 cm³/mol. The van der Waals surface area contributed by atoms with Crippen molar-refractivity contribution in [3.8, 4) is 11.8 Å². The molecule has 3 unspecified atom stereocenters. The summed E-state index contributed by atoms with van der Waals surface area (Å²) in [4.78, 5) is 10.7. The summed E-state index contributed by atoms with van der Waals surface area (Å²) in [6.45, 7) is 3.98. The summed E-state index contributed by atoms with van der Waals surface area (Å²) in [5.74, 6) is 5.73. The van der Waals surface area contributed by atoms with Gasteiger partial charge in [0.05, 0.1) is 18.1 Å². The van der Waals surface area contributed by atoms with Gasteiger partial charge >= 0.3 is 5.97 Å². The third-order valence-corrected chi connectivity index (χ3v) is 4.87. The summed E-state index contributed by atoms with van der Waals surface area (Å²) in [7, 11) is 0. The van der Waals surface area contributed by atoms with E-state index < -0.39 is 5.97 Å². The first-order valence-electron chi connectivity index (χ1n) is 9.99. The lowest BCUT2D eigenvalue weighted by atomic mass is 10.0. The monoisotopic (exact) mass is 336 g/mol. The topological polar surface area (TPSA) is 49.8 Å². The lowest BCUT2D eigenvalue weighted by Gasteiger charge is -2.05. The fourth-order valence-corrected chi connectivity index (χ4v) is 3.02. The molecule has 0 amide bonds. The number of carbonyl (C=O) groups is 1. The lowest BCUT2D eigenvalue weighted by Crippen LogP contribution is -2.08. The molecule has 1 aliphatic rings. The SMILES string of the molecule is CCC1OC1CCCCC#CCCCCCCCCC(C)C(=O)O. The molecule has 0 radical (unpaired) electrons. The molecule has 0 saturated carbocycles. The van der Waals surface area contributed by atoms with Gasteiger partial charge in [0.1, 0.15) is 0 Å². The molecule has 3 nitrogen and oxygen atoms in total. The van der Waals surface area contributed by atoms with Gasteiger partial charge in [-0.05, 0) is 38.5 Å². The molecular formula is C21H36O3. The van der Waals surface area contributed by atoms with Gasteiger partial charge in [0.15, 0.2) is 0 Å². The molecule has 1 rings (SSSR count). The zero-order valence-corrected chi connectivity index (χ0v) is 15.7. The van der Waals surface area contributed by atoms with E-state index in [0.717, 1.165) is 38.5 Å². The molecule has 0 spiro atoms. The highest BCUT2D eigenvalue weighted by atomic mass is 16.6. The van der Waals surface area contributed by atoms with Crippen LogP contribution in [0.15, 0.2) is 0 Å². The van der Waals surface area contributed by atoms with Crippen LogP contribution in [0, 0.1) is 17.8 Å². The number of carboxylic acids is 1. The maximum Gasteiger partial charge on any atom is 0.306 e. The van der Waals surface area contributed by atoms with Gasteiger partial charge in [-0.2, -0.15) is 0 Å². The van der Waals surface area contributed by atoms with Crippen LogP contribution in [0.2, 0.25) is 0 Å². The molecule has 1 heterocycles.